The van der Waals surface area contributed by atoms with Crippen molar-refractivity contribution in [2.45, 2.75) is 46.3 Å². The molecule has 0 aromatic heterocycles. The van der Waals surface area contributed by atoms with E-state index in [9.17, 15) is 5.11 Å². The van der Waals surface area contributed by atoms with Gasteiger partial charge in [0, 0.05) is 13.5 Å². The van der Waals surface area contributed by atoms with Gasteiger partial charge in [0.1, 0.15) is 0 Å². The van der Waals surface area contributed by atoms with Crippen molar-refractivity contribution in [3.8, 4) is 0 Å². The zero-order valence-electron chi connectivity index (χ0n) is 11.5. The summed E-state index contributed by atoms with van der Waals surface area (Å²) in [5, 5.41) is 10.2. The van der Waals surface area contributed by atoms with E-state index in [0.29, 0.717) is 12.3 Å². The minimum Gasteiger partial charge on any atom is -0.390 e. The molecule has 0 aliphatic carbocycles. The van der Waals surface area contributed by atoms with Crippen molar-refractivity contribution in [3.05, 3.63) is 34.9 Å². The van der Waals surface area contributed by atoms with Crippen molar-refractivity contribution in [2.75, 3.05) is 7.11 Å². The minimum atomic E-state index is -0.444. The summed E-state index contributed by atoms with van der Waals surface area (Å²) in [7, 11) is 1.66. The SMILES string of the molecule is COC(C(C)C)C(O)Cc1cc(C)ccc1C. The number of methoxy groups -OCH3 is 1. The summed E-state index contributed by atoms with van der Waals surface area (Å²) in [4.78, 5) is 0. The Hall–Kier alpha value is -0.860. The Kier molecular flexibility index (Phi) is 5.16. The molecule has 96 valence electrons. The number of aliphatic hydroxyl groups is 1. The quantitative estimate of drug-likeness (QED) is 0.852. The first-order chi connectivity index (χ1) is 7.95. The van der Waals surface area contributed by atoms with Crippen LogP contribution in [0.25, 0.3) is 0 Å². The molecule has 0 saturated carbocycles. The lowest BCUT2D eigenvalue weighted by Crippen LogP contribution is -2.34. The number of hydrogen-bond acceptors (Lipinski definition) is 2. The lowest BCUT2D eigenvalue weighted by Gasteiger charge is -2.25. The first-order valence-electron chi connectivity index (χ1n) is 6.22. The van der Waals surface area contributed by atoms with Gasteiger partial charge in [-0.05, 0) is 30.9 Å². The van der Waals surface area contributed by atoms with Crippen LogP contribution >= 0.6 is 0 Å². The largest absolute Gasteiger partial charge is 0.390 e. The first kappa shape index (κ1) is 14.2. The summed E-state index contributed by atoms with van der Waals surface area (Å²) in [6, 6.07) is 6.35. The van der Waals surface area contributed by atoms with E-state index in [0.717, 1.165) is 0 Å². The highest BCUT2D eigenvalue weighted by Gasteiger charge is 2.22. The van der Waals surface area contributed by atoms with Crippen LogP contribution in [-0.2, 0) is 11.2 Å². The fourth-order valence-electron chi connectivity index (χ4n) is 2.24. The predicted molar refractivity (Wildman–Crippen MR) is 71.3 cm³/mol. The number of hydrogen-bond donors (Lipinski definition) is 1. The number of benzene rings is 1. The summed E-state index contributed by atoms with van der Waals surface area (Å²) in [6.07, 6.45) is 0.111. The number of ether oxygens (including phenoxy) is 1. The molecule has 17 heavy (non-hydrogen) atoms. The second-order valence-corrected chi connectivity index (χ2v) is 5.15. The first-order valence-corrected chi connectivity index (χ1v) is 6.22. The Balaban J connectivity index is 2.79. The molecule has 0 aliphatic rings. The molecule has 1 aromatic carbocycles. The van der Waals surface area contributed by atoms with E-state index in [1.807, 2.05) is 0 Å². The van der Waals surface area contributed by atoms with E-state index in [1.165, 1.54) is 16.7 Å². The molecule has 0 radical (unpaired) electrons. The van der Waals surface area contributed by atoms with Crippen LogP contribution in [0.5, 0.6) is 0 Å². The lowest BCUT2D eigenvalue weighted by molar-refractivity contribution is -0.0368. The standard InChI is InChI=1S/C15H24O2/c1-10(2)15(17-5)14(16)9-13-8-11(3)6-7-12(13)4/h6-8,10,14-16H,9H2,1-5H3. The molecular formula is C15H24O2. The summed E-state index contributed by atoms with van der Waals surface area (Å²) in [6.45, 7) is 8.30. The summed E-state index contributed by atoms with van der Waals surface area (Å²) in [5.74, 6) is 0.320. The topological polar surface area (TPSA) is 29.5 Å². The second kappa shape index (κ2) is 6.18. The van der Waals surface area contributed by atoms with Crippen LogP contribution in [0, 0.1) is 19.8 Å². The van der Waals surface area contributed by atoms with Gasteiger partial charge in [0.05, 0.1) is 12.2 Å². The van der Waals surface area contributed by atoms with E-state index in [1.54, 1.807) is 7.11 Å². The Bertz CT molecular complexity index is 358. The maximum absolute atomic E-state index is 10.2. The van der Waals surface area contributed by atoms with Gasteiger partial charge in [0.15, 0.2) is 0 Å². The smallest absolute Gasteiger partial charge is 0.0856 e. The third-order valence-electron chi connectivity index (χ3n) is 3.24. The summed E-state index contributed by atoms with van der Waals surface area (Å²) in [5.41, 5.74) is 3.67. The Morgan fingerprint density at radius 1 is 1.24 bits per heavy atom. The molecule has 2 nitrogen and oxygen atoms in total. The fourth-order valence-corrected chi connectivity index (χ4v) is 2.24. The van der Waals surface area contributed by atoms with E-state index in [2.05, 4.69) is 45.9 Å². The zero-order valence-corrected chi connectivity index (χ0v) is 11.5. The highest BCUT2D eigenvalue weighted by molar-refractivity contribution is 5.31. The average molecular weight is 236 g/mol. The average Bonchev–Trinajstić information content (AvgIpc) is 2.24. The van der Waals surface area contributed by atoms with Gasteiger partial charge in [0.2, 0.25) is 0 Å². The molecule has 0 bridgehead atoms. The minimum absolute atomic E-state index is 0.102. The summed E-state index contributed by atoms with van der Waals surface area (Å²) < 4.78 is 5.37. The van der Waals surface area contributed by atoms with Crippen LogP contribution in [-0.4, -0.2) is 24.4 Å². The van der Waals surface area contributed by atoms with Gasteiger partial charge in [-0.15, -0.1) is 0 Å². The van der Waals surface area contributed by atoms with Crippen LogP contribution in [0.3, 0.4) is 0 Å². The van der Waals surface area contributed by atoms with Crippen LogP contribution in [0.1, 0.15) is 30.5 Å². The van der Waals surface area contributed by atoms with E-state index in [-0.39, 0.29) is 6.10 Å². The van der Waals surface area contributed by atoms with Crippen LogP contribution in [0.15, 0.2) is 18.2 Å². The normalized spacial score (nSPS) is 15.0. The van der Waals surface area contributed by atoms with Crippen molar-refractivity contribution in [1.82, 2.24) is 0 Å². The number of aryl methyl sites for hydroxylation is 2. The Morgan fingerprint density at radius 2 is 1.88 bits per heavy atom. The monoisotopic (exact) mass is 236 g/mol. The molecule has 2 atom stereocenters. The molecule has 2 unspecified atom stereocenters. The van der Waals surface area contributed by atoms with E-state index < -0.39 is 6.10 Å². The zero-order chi connectivity index (χ0) is 13.0. The molecule has 1 aromatic rings. The van der Waals surface area contributed by atoms with Crippen LogP contribution in [0.2, 0.25) is 0 Å². The van der Waals surface area contributed by atoms with Gasteiger partial charge in [-0.25, -0.2) is 0 Å². The third-order valence-corrected chi connectivity index (χ3v) is 3.24. The van der Waals surface area contributed by atoms with Crippen LogP contribution in [0.4, 0.5) is 0 Å². The molecular weight excluding hydrogens is 212 g/mol. The third kappa shape index (κ3) is 3.83. The highest BCUT2D eigenvalue weighted by Crippen LogP contribution is 2.18. The van der Waals surface area contributed by atoms with Gasteiger partial charge in [0.25, 0.3) is 0 Å². The second-order valence-electron chi connectivity index (χ2n) is 5.15. The molecule has 1 N–H and O–H groups in total. The van der Waals surface area contributed by atoms with E-state index in [4.69, 9.17) is 4.74 Å². The van der Waals surface area contributed by atoms with Gasteiger partial charge in [-0.3, -0.25) is 0 Å². The van der Waals surface area contributed by atoms with Crippen LogP contribution < -0.4 is 0 Å². The molecule has 0 saturated heterocycles. The number of aliphatic hydroxyl groups excluding tert-OH is 1. The van der Waals surface area contributed by atoms with Crippen molar-refractivity contribution in [1.29, 1.82) is 0 Å². The lowest BCUT2D eigenvalue weighted by atomic mass is 9.93. The van der Waals surface area contributed by atoms with E-state index >= 15 is 0 Å². The van der Waals surface area contributed by atoms with Gasteiger partial charge in [-0.1, -0.05) is 37.6 Å². The molecule has 0 aliphatic heterocycles. The Morgan fingerprint density at radius 3 is 2.41 bits per heavy atom. The van der Waals surface area contributed by atoms with Crippen molar-refractivity contribution in [3.63, 3.8) is 0 Å². The van der Waals surface area contributed by atoms with Crippen molar-refractivity contribution >= 4 is 0 Å². The molecule has 0 fully saturated rings. The molecule has 0 amide bonds. The maximum Gasteiger partial charge on any atom is 0.0856 e. The predicted octanol–water partition coefficient (Wildman–Crippen LogP) is 2.88. The van der Waals surface area contributed by atoms with Crippen molar-refractivity contribution < 1.29 is 9.84 Å². The van der Waals surface area contributed by atoms with Gasteiger partial charge < -0.3 is 9.84 Å². The number of rotatable bonds is 5. The van der Waals surface area contributed by atoms with Gasteiger partial charge >= 0.3 is 0 Å². The summed E-state index contributed by atoms with van der Waals surface area (Å²) >= 11 is 0. The fraction of sp³-hybridized carbons (Fsp3) is 0.600. The molecule has 2 heteroatoms. The molecule has 1 rings (SSSR count). The van der Waals surface area contributed by atoms with Crippen molar-refractivity contribution in [2.24, 2.45) is 5.92 Å². The molecule has 0 heterocycles. The molecule has 0 spiro atoms. The van der Waals surface area contributed by atoms with Gasteiger partial charge in [-0.2, -0.15) is 0 Å². The highest BCUT2D eigenvalue weighted by atomic mass is 16.5. The Labute approximate surface area is 105 Å². The maximum atomic E-state index is 10.2.